The van der Waals surface area contributed by atoms with E-state index in [9.17, 15) is 9.59 Å². The van der Waals surface area contributed by atoms with E-state index in [-0.39, 0.29) is 12.0 Å². The molecular weight excluding hydrogens is 502 g/mol. The Balaban J connectivity index is 1.50. The lowest BCUT2D eigenvalue weighted by atomic mass is 9.82. The van der Waals surface area contributed by atoms with Gasteiger partial charge in [0.15, 0.2) is 0 Å². The maximum absolute atomic E-state index is 13.0. The normalized spacial score (nSPS) is 18.2. The van der Waals surface area contributed by atoms with Crippen molar-refractivity contribution in [2.24, 2.45) is 0 Å². The Labute approximate surface area is 238 Å². The summed E-state index contributed by atoms with van der Waals surface area (Å²) in [5.41, 5.74) is 4.19. The Bertz CT molecular complexity index is 1260. The number of amides is 2. The maximum atomic E-state index is 13.0. The SMILES string of the molecule is CCN(CC)C(=O)c1ccc(C2=CC3(CCN(C(=O)OC(C)(C)C)CC3)Oc3cccc(N4CCCC4)c32)cc1. The number of ether oxygens (including phenoxy) is 2. The van der Waals surface area contributed by atoms with Crippen molar-refractivity contribution in [1.29, 1.82) is 0 Å². The molecule has 2 saturated heterocycles. The fraction of sp³-hybridized carbons (Fsp3) is 0.515. The fourth-order valence-electron chi connectivity index (χ4n) is 6.03. The molecule has 1 spiro atoms. The minimum absolute atomic E-state index is 0.0571. The highest BCUT2D eigenvalue weighted by atomic mass is 16.6. The van der Waals surface area contributed by atoms with E-state index in [0.29, 0.717) is 44.6 Å². The molecule has 214 valence electrons. The second-order valence-corrected chi connectivity index (χ2v) is 12.1. The average Bonchev–Trinajstić information content (AvgIpc) is 3.47. The Morgan fingerprint density at radius 2 is 1.60 bits per heavy atom. The second-order valence-electron chi connectivity index (χ2n) is 12.1. The predicted octanol–water partition coefficient (Wildman–Crippen LogP) is 6.36. The van der Waals surface area contributed by atoms with Gasteiger partial charge in [0, 0.05) is 68.9 Å². The molecule has 2 aromatic rings. The van der Waals surface area contributed by atoms with Crippen LogP contribution in [0.4, 0.5) is 10.5 Å². The maximum Gasteiger partial charge on any atom is 0.410 e. The van der Waals surface area contributed by atoms with Crippen LogP contribution in [0.25, 0.3) is 5.57 Å². The lowest BCUT2D eigenvalue weighted by Crippen LogP contribution is -2.50. The Kier molecular flexibility index (Phi) is 7.85. The molecule has 0 bridgehead atoms. The van der Waals surface area contributed by atoms with Gasteiger partial charge in [0.2, 0.25) is 0 Å². The summed E-state index contributed by atoms with van der Waals surface area (Å²) in [7, 11) is 0. The molecular formula is C33H43N3O4. The number of rotatable bonds is 5. The van der Waals surface area contributed by atoms with Crippen LogP contribution in [-0.4, -0.2) is 72.3 Å². The number of nitrogens with zero attached hydrogens (tertiary/aromatic N) is 3. The summed E-state index contributed by atoms with van der Waals surface area (Å²) in [5.74, 6) is 0.942. The quantitative estimate of drug-likeness (QED) is 0.437. The van der Waals surface area contributed by atoms with Crippen LogP contribution >= 0.6 is 0 Å². The highest BCUT2D eigenvalue weighted by Crippen LogP contribution is 2.47. The molecule has 0 N–H and O–H groups in total. The monoisotopic (exact) mass is 545 g/mol. The molecule has 0 unspecified atom stereocenters. The molecule has 0 saturated carbocycles. The second kappa shape index (κ2) is 11.2. The standard InChI is InChI=1S/C33H43N3O4/c1-6-34(7-2)30(37)25-15-13-24(14-16-25)26-23-33(17-21-36(22-18-33)31(38)40-32(3,4)5)39-28-12-10-11-27(29(26)28)35-19-8-9-20-35/h10-16,23H,6-9,17-22H2,1-5H3. The predicted molar refractivity (Wildman–Crippen MR) is 159 cm³/mol. The molecule has 0 atom stereocenters. The van der Waals surface area contributed by atoms with Crippen molar-refractivity contribution in [3.05, 3.63) is 65.2 Å². The summed E-state index contributed by atoms with van der Waals surface area (Å²) in [6, 6.07) is 14.4. The van der Waals surface area contributed by atoms with Crippen molar-refractivity contribution in [3.8, 4) is 5.75 Å². The van der Waals surface area contributed by atoms with Crippen LogP contribution in [0.2, 0.25) is 0 Å². The number of hydrogen-bond acceptors (Lipinski definition) is 5. The van der Waals surface area contributed by atoms with E-state index in [4.69, 9.17) is 9.47 Å². The summed E-state index contributed by atoms with van der Waals surface area (Å²) < 4.78 is 12.5. The molecule has 3 aliphatic rings. The first kappa shape index (κ1) is 28.1. The van der Waals surface area contributed by atoms with Crippen LogP contribution in [0.15, 0.2) is 48.5 Å². The number of benzene rings is 2. The van der Waals surface area contributed by atoms with Crippen molar-refractivity contribution in [2.45, 2.75) is 71.5 Å². The molecule has 7 nitrogen and oxygen atoms in total. The van der Waals surface area contributed by atoms with E-state index in [1.165, 1.54) is 18.5 Å². The highest BCUT2D eigenvalue weighted by Gasteiger charge is 2.42. The summed E-state index contributed by atoms with van der Waals surface area (Å²) in [6.45, 7) is 14.3. The molecule has 2 fully saturated rings. The highest BCUT2D eigenvalue weighted by molar-refractivity contribution is 5.96. The van der Waals surface area contributed by atoms with Crippen molar-refractivity contribution in [1.82, 2.24) is 9.80 Å². The largest absolute Gasteiger partial charge is 0.482 e. The van der Waals surface area contributed by atoms with E-state index >= 15 is 0 Å². The van der Waals surface area contributed by atoms with Crippen molar-refractivity contribution < 1.29 is 19.1 Å². The number of carbonyl (C=O) groups excluding carboxylic acids is 2. The minimum atomic E-state index is -0.523. The minimum Gasteiger partial charge on any atom is -0.482 e. The lowest BCUT2D eigenvalue weighted by molar-refractivity contribution is -0.00115. The topological polar surface area (TPSA) is 62.3 Å². The summed E-state index contributed by atoms with van der Waals surface area (Å²) in [4.78, 5) is 31.8. The molecule has 2 aromatic carbocycles. The Morgan fingerprint density at radius 3 is 2.20 bits per heavy atom. The van der Waals surface area contributed by atoms with Crippen LogP contribution in [0, 0.1) is 0 Å². The molecule has 0 aliphatic carbocycles. The van der Waals surface area contributed by atoms with Gasteiger partial charge in [-0.1, -0.05) is 18.2 Å². The van der Waals surface area contributed by atoms with Gasteiger partial charge in [-0.15, -0.1) is 0 Å². The number of hydrogen-bond donors (Lipinski definition) is 0. The number of carbonyl (C=O) groups is 2. The van der Waals surface area contributed by atoms with Gasteiger partial charge >= 0.3 is 6.09 Å². The first-order valence-electron chi connectivity index (χ1n) is 14.8. The zero-order chi connectivity index (χ0) is 28.5. The molecule has 3 aliphatic heterocycles. The van der Waals surface area contributed by atoms with E-state index in [2.05, 4.69) is 41.3 Å². The average molecular weight is 546 g/mol. The summed E-state index contributed by atoms with van der Waals surface area (Å²) in [5, 5.41) is 0. The third-order valence-electron chi connectivity index (χ3n) is 8.20. The number of fused-ring (bicyclic) bond motifs is 1. The van der Waals surface area contributed by atoms with Gasteiger partial charge in [0.25, 0.3) is 5.91 Å². The molecule has 0 aromatic heterocycles. The van der Waals surface area contributed by atoms with Crippen LogP contribution in [0.5, 0.6) is 5.75 Å². The van der Waals surface area contributed by atoms with Crippen LogP contribution in [0.3, 0.4) is 0 Å². The third kappa shape index (κ3) is 5.70. The number of piperidine rings is 1. The van der Waals surface area contributed by atoms with E-state index < -0.39 is 11.2 Å². The zero-order valence-electron chi connectivity index (χ0n) is 24.7. The van der Waals surface area contributed by atoms with Crippen LogP contribution in [0.1, 0.15) is 81.8 Å². The van der Waals surface area contributed by atoms with E-state index in [1.807, 2.05) is 51.7 Å². The van der Waals surface area contributed by atoms with Crippen molar-refractivity contribution in [2.75, 3.05) is 44.2 Å². The van der Waals surface area contributed by atoms with Crippen LogP contribution in [-0.2, 0) is 4.74 Å². The van der Waals surface area contributed by atoms with Gasteiger partial charge < -0.3 is 24.2 Å². The van der Waals surface area contributed by atoms with Gasteiger partial charge in [0.05, 0.1) is 0 Å². The summed E-state index contributed by atoms with van der Waals surface area (Å²) in [6.07, 6.45) is 5.76. The van der Waals surface area contributed by atoms with Gasteiger partial charge in [-0.25, -0.2) is 4.79 Å². The van der Waals surface area contributed by atoms with E-state index in [0.717, 1.165) is 35.5 Å². The van der Waals surface area contributed by atoms with Gasteiger partial charge in [-0.3, -0.25) is 4.79 Å². The zero-order valence-corrected chi connectivity index (χ0v) is 24.7. The first-order valence-corrected chi connectivity index (χ1v) is 14.8. The molecule has 5 rings (SSSR count). The van der Waals surface area contributed by atoms with Crippen molar-refractivity contribution >= 4 is 23.3 Å². The first-order chi connectivity index (χ1) is 19.1. The molecule has 2 amide bonds. The lowest BCUT2D eigenvalue weighted by Gasteiger charge is -2.43. The van der Waals surface area contributed by atoms with Crippen molar-refractivity contribution in [3.63, 3.8) is 0 Å². The summed E-state index contributed by atoms with van der Waals surface area (Å²) >= 11 is 0. The van der Waals surface area contributed by atoms with Crippen LogP contribution < -0.4 is 9.64 Å². The van der Waals surface area contributed by atoms with E-state index in [1.54, 1.807) is 4.90 Å². The molecule has 40 heavy (non-hydrogen) atoms. The molecule has 7 heteroatoms. The number of anilines is 1. The Morgan fingerprint density at radius 1 is 0.950 bits per heavy atom. The van der Waals surface area contributed by atoms with Gasteiger partial charge in [0.1, 0.15) is 17.0 Å². The fourth-order valence-corrected chi connectivity index (χ4v) is 6.03. The molecule has 0 radical (unpaired) electrons. The van der Waals surface area contributed by atoms with Gasteiger partial charge in [-0.2, -0.15) is 0 Å². The Hall–Kier alpha value is -3.48. The molecule has 3 heterocycles. The number of likely N-dealkylation sites (tertiary alicyclic amines) is 1. The van der Waals surface area contributed by atoms with Gasteiger partial charge in [-0.05, 0) is 88.9 Å². The smallest absolute Gasteiger partial charge is 0.410 e. The third-order valence-corrected chi connectivity index (χ3v) is 8.20.